The van der Waals surface area contributed by atoms with Gasteiger partial charge in [0.2, 0.25) is 0 Å². The molecule has 1 saturated heterocycles. The van der Waals surface area contributed by atoms with Crippen molar-refractivity contribution < 1.29 is 4.74 Å². The first kappa shape index (κ1) is 26.1. The minimum atomic E-state index is 0. The molecule has 0 unspecified atom stereocenters. The number of halogens is 1. The van der Waals surface area contributed by atoms with E-state index in [1.54, 1.807) is 0 Å². The molecule has 176 valence electrons. The molecule has 3 rings (SSSR count). The number of nitrogens with zero attached hydrogens (tertiary/aromatic N) is 4. The van der Waals surface area contributed by atoms with Crippen LogP contribution in [0.3, 0.4) is 0 Å². The van der Waals surface area contributed by atoms with Gasteiger partial charge in [0, 0.05) is 52.1 Å². The van der Waals surface area contributed by atoms with E-state index in [0.29, 0.717) is 12.6 Å². The third kappa shape index (κ3) is 9.49. The standard InChI is InChI=1S/C23H40N6O.HI/c1-3-24-23(26-11-7-17-30-21-8-5-4-6-9-21)27-19-20-10-12-25-22(18-20)29-15-13-28(2)14-16-29;/h10,12,18,21H,3-9,11,13-17,19H2,1-2H3,(H2,24,26,27);1H. The molecular weight excluding hydrogens is 503 g/mol. The Morgan fingerprint density at radius 2 is 1.94 bits per heavy atom. The molecule has 0 radical (unpaired) electrons. The zero-order valence-electron chi connectivity index (χ0n) is 19.3. The number of hydrogen-bond donors (Lipinski definition) is 2. The first-order valence-corrected chi connectivity index (χ1v) is 11.8. The Kier molecular flexibility index (Phi) is 12.5. The summed E-state index contributed by atoms with van der Waals surface area (Å²) >= 11 is 0. The van der Waals surface area contributed by atoms with Crippen LogP contribution in [0, 0.1) is 0 Å². The zero-order chi connectivity index (χ0) is 21.0. The quantitative estimate of drug-likeness (QED) is 0.216. The third-order valence-electron chi connectivity index (χ3n) is 5.92. The molecule has 0 bridgehead atoms. The minimum Gasteiger partial charge on any atom is -0.378 e. The number of piperazine rings is 1. The molecule has 1 aromatic heterocycles. The van der Waals surface area contributed by atoms with Gasteiger partial charge in [-0.05, 0) is 50.9 Å². The smallest absolute Gasteiger partial charge is 0.191 e. The van der Waals surface area contributed by atoms with Crippen molar-refractivity contribution in [2.75, 3.05) is 57.8 Å². The van der Waals surface area contributed by atoms with Crippen molar-refractivity contribution in [1.82, 2.24) is 20.5 Å². The number of ether oxygens (including phenoxy) is 1. The number of aliphatic imine (C=N–C) groups is 1. The molecular formula is C23H41IN6O. The summed E-state index contributed by atoms with van der Waals surface area (Å²) < 4.78 is 6.02. The van der Waals surface area contributed by atoms with Gasteiger partial charge in [-0.15, -0.1) is 24.0 Å². The molecule has 0 atom stereocenters. The van der Waals surface area contributed by atoms with Crippen LogP contribution in [-0.4, -0.2) is 74.9 Å². The van der Waals surface area contributed by atoms with Crippen LogP contribution in [-0.2, 0) is 11.3 Å². The molecule has 1 aliphatic heterocycles. The predicted molar refractivity (Wildman–Crippen MR) is 140 cm³/mol. The van der Waals surface area contributed by atoms with Crippen LogP contribution < -0.4 is 15.5 Å². The lowest BCUT2D eigenvalue weighted by molar-refractivity contribution is 0.0277. The number of likely N-dealkylation sites (N-methyl/N-ethyl adjacent to an activating group) is 1. The Morgan fingerprint density at radius 3 is 2.68 bits per heavy atom. The number of hydrogen-bond acceptors (Lipinski definition) is 5. The Labute approximate surface area is 205 Å². The maximum absolute atomic E-state index is 6.02. The Hall–Kier alpha value is -1.13. The zero-order valence-corrected chi connectivity index (χ0v) is 21.6. The Balaban J connectivity index is 0.00000341. The average molecular weight is 545 g/mol. The second-order valence-corrected chi connectivity index (χ2v) is 8.42. The lowest BCUT2D eigenvalue weighted by atomic mass is 9.98. The second kappa shape index (κ2) is 14.8. The van der Waals surface area contributed by atoms with Gasteiger partial charge in [0.15, 0.2) is 5.96 Å². The van der Waals surface area contributed by atoms with Gasteiger partial charge in [0.1, 0.15) is 5.82 Å². The molecule has 0 amide bonds. The van der Waals surface area contributed by atoms with Crippen LogP contribution >= 0.6 is 24.0 Å². The van der Waals surface area contributed by atoms with Crippen LogP contribution in [0.15, 0.2) is 23.3 Å². The molecule has 1 aliphatic carbocycles. The van der Waals surface area contributed by atoms with Crippen LogP contribution in [0.1, 0.15) is 51.0 Å². The van der Waals surface area contributed by atoms with E-state index >= 15 is 0 Å². The van der Waals surface area contributed by atoms with Crippen molar-refractivity contribution in [2.45, 2.75) is 58.1 Å². The lowest BCUT2D eigenvalue weighted by Crippen LogP contribution is -2.44. The van der Waals surface area contributed by atoms with Gasteiger partial charge in [-0.2, -0.15) is 0 Å². The van der Waals surface area contributed by atoms with Gasteiger partial charge in [0.05, 0.1) is 12.6 Å². The maximum Gasteiger partial charge on any atom is 0.191 e. The van der Waals surface area contributed by atoms with Gasteiger partial charge in [-0.3, -0.25) is 0 Å². The minimum absolute atomic E-state index is 0. The third-order valence-corrected chi connectivity index (χ3v) is 5.92. The van der Waals surface area contributed by atoms with Crippen LogP contribution in [0.25, 0.3) is 0 Å². The van der Waals surface area contributed by atoms with Crippen molar-refractivity contribution in [2.24, 2.45) is 4.99 Å². The van der Waals surface area contributed by atoms with E-state index in [0.717, 1.165) is 64.1 Å². The van der Waals surface area contributed by atoms with Crippen LogP contribution in [0.5, 0.6) is 0 Å². The van der Waals surface area contributed by atoms with Gasteiger partial charge < -0.3 is 25.2 Å². The number of guanidine groups is 1. The van der Waals surface area contributed by atoms with Crippen LogP contribution in [0.4, 0.5) is 5.82 Å². The molecule has 8 heteroatoms. The highest BCUT2D eigenvalue weighted by molar-refractivity contribution is 14.0. The predicted octanol–water partition coefficient (Wildman–Crippen LogP) is 3.25. The molecule has 1 aromatic rings. The topological polar surface area (TPSA) is 65.0 Å². The number of aromatic nitrogens is 1. The monoisotopic (exact) mass is 544 g/mol. The summed E-state index contributed by atoms with van der Waals surface area (Å²) in [5, 5.41) is 6.78. The summed E-state index contributed by atoms with van der Waals surface area (Å²) in [5.74, 6) is 1.93. The summed E-state index contributed by atoms with van der Waals surface area (Å²) in [5.41, 5.74) is 1.19. The summed E-state index contributed by atoms with van der Waals surface area (Å²) in [4.78, 5) is 14.1. The Morgan fingerprint density at radius 1 is 1.16 bits per heavy atom. The molecule has 2 heterocycles. The fourth-order valence-electron chi connectivity index (χ4n) is 4.04. The van der Waals surface area contributed by atoms with Crippen molar-refractivity contribution in [3.8, 4) is 0 Å². The molecule has 7 nitrogen and oxygen atoms in total. The van der Waals surface area contributed by atoms with Crippen LogP contribution in [0.2, 0.25) is 0 Å². The van der Waals surface area contributed by atoms with Crippen molar-refractivity contribution in [3.63, 3.8) is 0 Å². The van der Waals surface area contributed by atoms with E-state index in [2.05, 4.69) is 51.5 Å². The van der Waals surface area contributed by atoms with E-state index in [1.807, 2.05) is 6.20 Å². The molecule has 1 saturated carbocycles. The van der Waals surface area contributed by atoms with E-state index in [1.165, 1.54) is 37.7 Å². The molecule has 2 aliphatic rings. The Bertz CT molecular complexity index is 645. The first-order chi connectivity index (χ1) is 14.7. The van der Waals surface area contributed by atoms with Crippen molar-refractivity contribution >= 4 is 35.8 Å². The van der Waals surface area contributed by atoms with E-state index in [4.69, 9.17) is 9.73 Å². The highest BCUT2D eigenvalue weighted by Crippen LogP contribution is 2.20. The van der Waals surface area contributed by atoms with Gasteiger partial charge in [-0.25, -0.2) is 9.98 Å². The van der Waals surface area contributed by atoms with Crippen molar-refractivity contribution in [3.05, 3.63) is 23.9 Å². The second-order valence-electron chi connectivity index (χ2n) is 8.42. The van der Waals surface area contributed by atoms with Gasteiger partial charge in [-0.1, -0.05) is 19.3 Å². The summed E-state index contributed by atoms with van der Waals surface area (Å²) in [6.07, 6.45) is 9.89. The van der Waals surface area contributed by atoms with E-state index < -0.39 is 0 Å². The van der Waals surface area contributed by atoms with E-state index in [-0.39, 0.29) is 24.0 Å². The highest BCUT2D eigenvalue weighted by Gasteiger charge is 2.15. The average Bonchev–Trinajstić information content (AvgIpc) is 2.78. The fraction of sp³-hybridized carbons (Fsp3) is 0.739. The SMILES string of the molecule is CCNC(=NCc1ccnc(N2CCN(C)CC2)c1)NCCCOC1CCCCC1.I. The molecule has 2 fully saturated rings. The largest absolute Gasteiger partial charge is 0.378 e. The first-order valence-electron chi connectivity index (χ1n) is 11.8. The van der Waals surface area contributed by atoms with E-state index in [9.17, 15) is 0 Å². The highest BCUT2D eigenvalue weighted by atomic mass is 127. The summed E-state index contributed by atoms with van der Waals surface area (Å²) in [7, 11) is 2.17. The number of nitrogens with one attached hydrogen (secondary N) is 2. The molecule has 31 heavy (non-hydrogen) atoms. The number of rotatable bonds is 9. The fourth-order valence-corrected chi connectivity index (χ4v) is 4.04. The molecule has 0 aromatic carbocycles. The number of pyridine rings is 1. The molecule has 0 spiro atoms. The lowest BCUT2D eigenvalue weighted by Gasteiger charge is -2.33. The normalized spacial score (nSPS) is 18.5. The summed E-state index contributed by atoms with van der Waals surface area (Å²) in [6.45, 7) is 9.54. The summed E-state index contributed by atoms with van der Waals surface area (Å²) in [6, 6.07) is 4.24. The maximum atomic E-state index is 6.02. The van der Waals surface area contributed by atoms with Crippen molar-refractivity contribution in [1.29, 1.82) is 0 Å². The molecule has 2 N–H and O–H groups in total. The number of anilines is 1. The van der Waals surface area contributed by atoms with Gasteiger partial charge in [0.25, 0.3) is 0 Å². The van der Waals surface area contributed by atoms with Gasteiger partial charge >= 0.3 is 0 Å².